The van der Waals surface area contributed by atoms with Crippen molar-refractivity contribution in [3.63, 3.8) is 0 Å². The Morgan fingerprint density at radius 1 is 1.20 bits per heavy atom. The van der Waals surface area contributed by atoms with Gasteiger partial charge in [0.15, 0.2) is 0 Å². The third-order valence-corrected chi connectivity index (χ3v) is 0. The van der Waals surface area contributed by atoms with Crippen molar-refractivity contribution in [1.29, 1.82) is 0 Å². The molecule has 0 radical (unpaired) electrons. The first kappa shape index (κ1) is 8.96. The molecule has 0 heterocycles. The van der Waals surface area contributed by atoms with Gasteiger partial charge in [-0.25, -0.2) is 0 Å². The third-order valence-electron chi connectivity index (χ3n) is 0. The molecular formula is C4H14Si. The van der Waals surface area contributed by atoms with Crippen LogP contribution < -0.4 is 0 Å². The molecular weight excluding hydrogens is 76.1 g/mol. The van der Waals surface area contributed by atoms with Crippen LogP contribution in [0.25, 0.3) is 0 Å². The molecule has 1 heteroatoms. The first-order valence-electron chi connectivity index (χ1n) is 2.41. The highest BCUT2D eigenvalue weighted by Gasteiger charge is 1.35. The average Bonchev–Trinajstić information content (AvgIpc) is 1.46. The summed E-state index contributed by atoms with van der Waals surface area (Å²) in [5.74, 6) is 0. The van der Waals surface area contributed by atoms with Crippen molar-refractivity contribution >= 4 is 10.2 Å². The van der Waals surface area contributed by atoms with Crippen molar-refractivity contribution in [1.82, 2.24) is 0 Å². The summed E-state index contributed by atoms with van der Waals surface area (Å²) in [7, 11) is 1.31. The van der Waals surface area contributed by atoms with E-state index in [4.69, 9.17) is 0 Å². The Bertz CT molecular complexity index is 3.61. The molecule has 0 aromatic rings. The van der Waals surface area contributed by atoms with E-state index in [1.807, 2.05) is 0 Å². The van der Waals surface area contributed by atoms with E-state index in [0.29, 0.717) is 0 Å². The van der Waals surface area contributed by atoms with E-state index in [-0.39, 0.29) is 0 Å². The van der Waals surface area contributed by atoms with Crippen LogP contribution in [0.5, 0.6) is 0 Å². The second kappa shape index (κ2) is 29.5. The van der Waals surface area contributed by atoms with Gasteiger partial charge in [-0.3, -0.25) is 0 Å². The fraction of sp³-hybridized carbons (Fsp3) is 1.00. The van der Waals surface area contributed by atoms with E-state index in [9.17, 15) is 0 Å². The van der Waals surface area contributed by atoms with Crippen molar-refractivity contribution in [2.75, 3.05) is 0 Å². The first-order valence-corrected chi connectivity index (χ1v) is 4.41. The summed E-state index contributed by atoms with van der Waals surface area (Å²) in [5, 5.41) is 0. The molecule has 34 valence electrons. The molecule has 0 unspecified atom stereocenters. The lowest BCUT2D eigenvalue weighted by Crippen LogP contribution is -1.27. The Kier molecular flexibility index (Phi) is 52.8. The smallest absolute Gasteiger partial charge is 0.000585 e. The van der Waals surface area contributed by atoms with E-state index in [2.05, 4.69) is 20.4 Å². The summed E-state index contributed by atoms with van der Waals surface area (Å²) in [4.78, 5) is 0. The Balaban J connectivity index is 0. The number of hydrogen-bond donors (Lipinski definition) is 0. The zero-order valence-corrected chi connectivity index (χ0v) is 6.71. The molecule has 0 aliphatic heterocycles. The fourth-order valence-electron chi connectivity index (χ4n) is 0. The van der Waals surface area contributed by atoms with Crippen molar-refractivity contribution < 1.29 is 0 Å². The maximum Gasteiger partial charge on any atom is -0.000585 e. The Morgan fingerprint density at radius 2 is 1.20 bits per heavy atom. The van der Waals surface area contributed by atoms with E-state index in [0.717, 1.165) is 0 Å². The van der Waals surface area contributed by atoms with Crippen LogP contribution in [0.2, 0.25) is 6.55 Å². The van der Waals surface area contributed by atoms with Gasteiger partial charge in [0.05, 0.1) is 0 Å². The van der Waals surface area contributed by atoms with Gasteiger partial charge in [-0.05, 0) is 10.2 Å². The number of rotatable bonds is 0. The molecule has 0 atom stereocenters. The molecule has 0 spiro atoms. The summed E-state index contributed by atoms with van der Waals surface area (Å²) >= 11 is 0. The fourth-order valence-corrected chi connectivity index (χ4v) is 0. The van der Waals surface area contributed by atoms with Gasteiger partial charge in [0.1, 0.15) is 0 Å². The SMILES string of the molecule is CCC.C[SiH3]. The van der Waals surface area contributed by atoms with E-state index in [1.54, 1.807) is 0 Å². The van der Waals surface area contributed by atoms with Gasteiger partial charge in [-0.15, -0.1) is 0 Å². The summed E-state index contributed by atoms with van der Waals surface area (Å²) in [6.45, 7) is 6.39. The predicted molar refractivity (Wildman–Crippen MR) is 31.8 cm³/mol. The zero-order valence-electron chi connectivity index (χ0n) is 4.71. The molecule has 0 N–H and O–H groups in total. The summed E-state index contributed by atoms with van der Waals surface area (Å²) in [6.07, 6.45) is 1.25. The zero-order chi connectivity index (χ0) is 4.71. The van der Waals surface area contributed by atoms with Crippen molar-refractivity contribution in [3.05, 3.63) is 0 Å². The monoisotopic (exact) mass is 90.1 g/mol. The van der Waals surface area contributed by atoms with Gasteiger partial charge in [0.2, 0.25) is 0 Å². The van der Waals surface area contributed by atoms with E-state index >= 15 is 0 Å². The molecule has 0 aliphatic carbocycles. The molecule has 0 rings (SSSR count). The quantitative estimate of drug-likeness (QED) is 0.386. The van der Waals surface area contributed by atoms with Crippen LogP contribution >= 0.6 is 0 Å². The van der Waals surface area contributed by atoms with Crippen LogP contribution in [0.15, 0.2) is 0 Å². The standard InChI is InChI=1S/C3H8.CH6Si/c1-3-2;1-2/h3H2,1-2H3;1-2H3. The first-order chi connectivity index (χ1) is 2.41. The lowest BCUT2D eigenvalue weighted by molar-refractivity contribution is 1.09. The van der Waals surface area contributed by atoms with Crippen molar-refractivity contribution in [2.24, 2.45) is 0 Å². The molecule has 0 aromatic heterocycles. The van der Waals surface area contributed by atoms with Gasteiger partial charge in [0.25, 0.3) is 0 Å². The van der Waals surface area contributed by atoms with Crippen LogP contribution in [0, 0.1) is 0 Å². The molecule has 0 saturated heterocycles. The largest absolute Gasteiger partial charge is 0.0777 e. The van der Waals surface area contributed by atoms with Crippen LogP contribution in [0.1, 0.15) is 20.3 Å². The molecule has 0 amide bonds. The van der Waals surface area contributed by atoms with E-state index in [1.165, 1.54) is 16.7 Å². The third kappa shape index (κ3) is 441. The van der Waals surface area contributed by atoms with Gasteiger partial charge in [0, 0.05) is 0 Å². The lowest BCUT2D eigenvalue weighted by atomic mass is 10.6. The van der Waals surface area contributed by atoms with E-state index < -0.39 is 0 Å². The molecule has 0 nitrogen and oxygen atoms in total. The Hall–Kier alpha value is 0.217. The van der Waals surface area contributed by atoms with Crippen LogP contribution in [0.3, 0.4) is 0 Å². The van der Waals surface area contributed by atoms with Gasteiger partial charge >= 0.3 is 0 Å². The highest BCUT2D eigenvalue weighted by Crippen LogP contribution is 1.56. The highest BCUT2D eigenvalue weighted by atomic mass is 28.1. The second-order valence-electron chi connectivity index (χ2n) is 0.707. The molecule has 0 aromatic carbocycles. The minimum absolute atomic E-state index is 1.25. The molecule has 0 bridgehead atoms. The van der Waals surface area contributed by atoms with Crippen LogP contribution in [-0.4, -0.2) is 10.2 Å². The van der Waals surface area contributed by atoms with Crippen LogP contribution in [0.4, 0.5) is 0 Å². The predicted octanol–water partition coefficient (Wildman–Crippen LogP) is 0.816. The summed E-state index contributed by atoms with van der Waals surface area (Å²) in [5.41, 5.74) is 0. The lowest BCUT2D eigenvalue weighted by Gasteiger charge is -1.48. The van der Waals surface area contributed by atoms with Gasteiger partial charge < -0.3 is 0 Å². The van der Waals surface area contributed by atoms with Gasteiger partial charge in [-0.1, -0.05) is 26.8 Å². The maximum atomic E-state index is 2.14. The molecule has 0 aliphatic rings. The maximum absolute atomic E-state index is 2.14. The minimum atomic E-state index is 1.25. The summed E-state index contributed by atoms with van der Waals surface area (Å²) < 4.78 is 0. The topological polar surface area (TPSA) is 0 Å². The molecule has 0 fully saturated rings. The van der Waals surface area contributed by atoms with Crippen molar-refractivity contribution in [2.45, 2.75) is 26.8 Å². The summed E-state index contributed by atoms with van der Waals surface area (Å²) in [6, 6.07) is 0. The Morgan fingerprint density at radius 3 is 1.20 bits per heavy atom. The van der Waals surface area contributed by atoms with Gasteiger partial charge in [-0.2, -0.15) is 0 Å². The minimum Gasteiger partial charge on any atom is -0.0777 e. The highest BCUT2D eigenvalue weighted by molar-refractivity contribution is 6.05. The average molecular weight is 90.2 g/mol. The normalized spacial score (nSPS) is 5.40. The number of hydrogen-bond acceptors (Lipinski definition) is 0. The molecule has 5 heavy (non-hydrogen) atoms. The molecule has 0 saturated carbocycles. The Labute approximate surface area is 38.0 Å². The second-order valence-corrected chi connectivity index (χ2v) is 0.707. The van der Waals surface area contributed by atoms with Crippen LogP contribution in [-0.2, 0) is 0 Å². The van der Waals surface area contributed by atoms with Crippen molar-refractivity contribution in [3.8, 4) is 0 Å².